The van der Waals surface area contributed by atoms with Crippen molar-refractivity contribution in [2.75, 3.05) is 6.54 Å². The van der Waals surface area contributed by atoms with E-state index in [2.05, 4.69) is 40.9 Å². The van der Waals surface area contributed by atoms with E-state index in [0.29, 0.717) is 0 Å². The smallest absolute Gasteiger partial charge is 0.190 e. The van der Waals surface area contributed by atoms with Gasteiger partial charge >= 0.3 is 0 Å². The molecule has 0 atom stereocenters. The number of hydrogen-bond donors (Lipinski definition) is 1. The minimum absolute atomic E-state index is 0.117. The molecular weight excluding hydrogens is 401 g/mol. The molecule has 0 fully saturated rings. The van der Waals surface area contributed by atoms with Crippen LogP contribution in [0.3, 0.4) is 0 Å². The fourth-order valence-corrected chi connectivity index (χ4v) is 5.86. The van der Waals surface area contributed by atoms with Crippen LogP contribution in [-0.4, -0.2) is 11.7 Å². The Balaban J connectivity index is 0.000000300. The highest BCUT2D eigenvalue weighted by atomic mass is 32.2. The highest BCUT2D eigenvalue weighted by Gasteiger charge is 2.10. The normalized spacial score (nSPS) is 10.7. The van der Waals surface area contributed by atoms with E-state index in [9.17, 15) is 4.79 Å². The summed E-state index contributed by atoms with van der Waals surface area (Å²) >= 11 is 3.05. The first-order valence-corrected chi connectivity index (χ1v) is 12.0. The van der Waals surface area contributed by atoms with Crippen molar-refractivity contribution in [2.24, 2.45) is 5.73 Å². The lowest BCUT2D eigenvalue weighted by atomic mass is 10.1. The highest BCUT2D eigenvalue weighted by molar-refractivity contribution is 8.13. The zero-order valence-electron chi connectivity index (χ0n) is 17.0. The number of carbonyl (C=O) groups is 1. The van der Waals surface area contributed by atoms with E-state index in [1.54, 1.807) is 18.3 Å². The molecule has 3 rings (SSSR count). The number of unbranched alkanes of at least 4 members (excludes halogenated alkanes) is 4. The lowest BCUT2D eigenvalue weighted by Gasteiger charge is -2.09. The van der Waals surface area contributed by atoms with E-state index >= 15 is 0 Å². The van der Waals surface area contributed by atoms with E-state index < -0.39 is 0 Å². The van der Waals surface area contributed by atoms with E-state index in [1.165, 1.54) is 69.6 Å². The topological polar surface area (TPSA) is 43.1 Å². The van der Waals surface area contributed by atoms with Crippen molar-refractivity contribution in [2.45, 2.75) is 57.8 Å². The molecule has 2 N–H and O–H groups in total. The van der Waals surface area contributed by atoms with Gasteiger partial charge in [0.15, 0.2) is 5.12 Å². The third kappa shape index (κ3) is 6.15. The number of aryl methyl sites for hydroxylation is 1. The van der Waals surface area contributed by atoms with Crippen LogP contribution in [0, 0.1) is 11.9 Å². The van der Waals surface area contributed by atoms with Gasteiger partial charge in [0.1, 0.15) is 0 Å². The van der Waals surface area contributed by atoms with Gasteiger partial charge in [0.2, 0.25) is 0 Å². The predicted molar refractivity (Wildman–Crippen MR) is 130 cm³/mol. The third-order valence-corrected chi connectivity index (χ3v) is 7.21. The van der Waals surface area contributed by atoms with Crippen molar-refractivity contribution in [1.82, 2.24) is 0 Å². The molecule has 0 spiro atoms. The summed E-state index contributed by atoms with van der Waals surface area (Å²) < 4.78 is 2.40. The first kappa shape index (κ1) is 23.1. The van der Waals surface area contributed by atoms with Gasteiger partial charge < -0.3 is 5.73 Å². The predicted octanol–water partition coefficient (Wildman–Crippen LogP) is 7.59. The SMILES string of the molecule is CC(=O)Sc1ccc(C)c2c(=P)c3ccccc3sc12.CCCCCCCN. The van der Waals surface area contributed by atoms with Crippen LogP contribution in [0.2, 0.25) is 0 Å². The van der Waals surface area contributed by atoms with Crippen LogP contribution in [0.4, 0.5) is 0 Å². The van der Waals surface area contributed by atoms with Gasteiger partial charge in [-0.15, -0.1) is 20.2 Å². The maximum absolute atomic E-state index is 11.4. The Hall–Kier alpha value is -1.19. The van der Waals surface area contributed by atoms with Gasteiger partial charge in [-0.1, -0.05) is 68.6 Å². The fourth-order valence-electron chi connectivity index (χ4n) is 3.06. The van der Waals surface area contributed by atoms with Crippen LogP contribution in [0.15, 0.2) is 41.3 Å². The second kappa shape index (κ2) is 11.7. The second-order valence-electron chi connectivity index (χ2n) is 6.85. The van der Waals surface area contributed by atoms with Gasteiger partial charge in [-0.05, 0) is 37.6 Å². The number of rotatable bonds is 6. The summed E-state index contributed by atoms with van der Waals surface area (Å²) in [6.45, 7) is 6.80. The molecule has 28 heavy (non-hydrogen) atoms. The number of fused-ring (bicyclic) bond motifs is 2. The highest BCUT2D eigenvalue weighted by Crippen LogP contribution is 2.38. The quantitative estimate of drug-likeness (QED) is 0.189. The number of carbonyl (C=O) groups excluding carboxylic acids is 1. The molecule has 0 amide bonds. The maximum atomic E-state index is 11.4. The van der Waals surface area contributed by atoms with Crippen LogP contribution in [0.1, 0.15) is 51.5 Å². The monoisotopic (exact) mass is 431 g/mol. The summed E-state index contributed by atoms with van der Waals surface area (Å²) in [6.07, 6.45) is 6.60. The first-order valence-electron chi connectivity index (χ1n) is 9.87. The minimum atomic E-state index is 0.117. The van der Waals surface area contributed by atoms with Crippen molar-refractivity contribution >= 4 is 57.2 Å². The van der Waals surface area contributed by atoms with Gasteiger partial charge in [0.05, 0.1) is 4.70 Å². The molecule has 0 unspecified atom stereocenters. The van der Waals surface area contributed by atoms with Crippen LogP contribution in [-0.2, 0) is 4.79 Å². The van der Waals surface area contributed by atoms with Crippen molar-refractivity contribution < 1.29 is 4.79 Å². The lowest BCUT2D eigenvalue weighted by Crippen LogP contribution is -1.97. The van der Waals surface area contributed by atoms with Gasteiger partial charge in [0.25, 0.3) is 0 Å². The van der Waals surface area contributed by atoms with E-state index in [0.717, 1.165) is 16.4 Å². The lowest BCUT2D eigenvalue weighted by molar-refractivity contribution is -0.109. The molecule has 1 heterocycles. The average molecular weight is 432 g/mol. The Morgan fingerprint density at radius 3 is 2.50 bits per heavy atom. The summed E-state index contributed by atoms with van der Waals surface area (Å²) in [7, 11) is 3.80. The van der Waals surface area contributed by atoms with Gasteiger partial charge in [-0.3, -0.25) is 4.79 Å². The summed E-state index contributed by atoms with van der Waals surface area (Å²) in [5.74, 6) is 0. The summed E-state index contributed by atoms with van der Waals surface area (Å²) in [4.78, 5) is 13.6. The van der Waals surface area contributed by atoms with Gasteiger partial charge in [-0.25, -0.2) is 0 Å². The van der Waals surface area contributed by atoms with Crippen LogP contribution in [0.25, 0.3) is 20.2 Å². The molecule has 0 saturated heterocycles. The molecule has 0 saturated carbocycles. The number of nitrogens with two attached hydrogens (primary N) is 1. The van der Waals surface area contributed by atoms with Crippen LogP contribution in [0.5, 0.6) is 0 Å². The van der Waals surface area contributed by atoms with Crippen molar-refractivity contribution in [3.63, 3.8) is 0 Å². The molecular formula is C23H30NOPS2. The molecule has 1 aromatic heterocycles. The van der Waals surface area contributed by atoms with E-state index in [1.807, 2.05) is 18.2 Å². The molecule has 0 bridgehead atoms. The van der Waals surface area contributed by atoms with Gasteiger partial charge in [-0.2, -0.15) is 0 Å². The van der Waals surface area contributed by atoms with Crippen molar-refractivity contribution in [3.8, 4) is 0 Å². The maximum Gasteiger partial charge on any atom is 0.190 e. The third-order valence-electron chi connectivity index (χ3n) is 4.51. The molecule has 0 aliphatic carbocycles. The summed E-state index contributed by atoms with van der Waals surface area (Å²) in [5.41, 5.74) is 6.53. The summed E-state index contributed by atoms with van der Waals surface area (Å²) in [5, 5.41) is 2.54. The Kier molecular flexibility index (Phi) is 9.67. The second-order valence-corrected chi connectivity index (χ2v) is 9.63. The fraction of sp³-hybridized carbons (Fsp3) is 0.391. The minimum Gasteiger partial charge on any atom is -0.330 e. The molecule has 2 nitrogen and oxygen atoms in total. The average Bonchev–Trinajstić information content (AvgIpc) is 2.68. The molecule has 0 radical (unpaired) electrons. The Bertz CT molecular complexity index is 991. The van der Waals surface area contributed by atoms with Crippen molar-refractivity contribution in [1.29, 1.82) is 0 Å². The zero-order valence-corrected chi connectivity index (χ0v) is 19.6. The Morgan fingerprint density at radius 2 is 1.82 bits per heavy atom. The molecule has 2 aromatic carbocycles. The molecule has 0 aliphatic heterocycles. The standard InChI is InChI=1S/C16H13OPS2.C7H17N/c1-9-7-8-13(19-10(2)17)16-14(9)15(18)11-5-3-4-6-12(11)20-16;1-2-3-4-5-6-7-8/h3-8,18H,1-2H3;2-8H2,1H3. The van der Waals surface area contributed by atoms with Crippen molar-refractivity contribution in [3.05, 3.63) is 46.9 Å². The largest absolute Gasteiger partial charge is 0.330 e. The molecule has 5 heteroatoms. The number of benzene rings is 2. The van der Waals surface area contributed by atoms with Crippen LogP contribution < -0.4 is 5.73 Å². The number of hydrogen-bond acceptors (Lipinski definition) is 4. The van der Waals surface area contributed by atoms with E-state index in [-0.39, 0.29) is 5.12 Å². The number of thioether (sulfide) groups is 1. The summed E-state index contributed by atoms with van der Waals surface area (Å²) in [6, 6.07) is 12.5. The first-order chi connectivity index (χ1) is 13.5. The van der Waals surface area contributed by atoms with Crippen LogP contribution >= 0.6 is 32.0 Å². The van der Waals surface area contributed by atoms with E-state index in [4.69, 9.17) is 5.73 Å². The Labute approximate surface area is 178 Å². The molecule has 3 aromatic rings. The van der Waals surface area contributed by atoms with Gasteiger partial charge in [0, 0.05) is 32.2 Å². The Morgan fingerprint density at radius 1 is 1.11 bits per heavy atom. The zero-order chi connectivity index (χ0) is 20.5. The molecule has 150 valence electrons. The molecule has 0 aliphatic rings.